The lowest BCUT2D eigenvalue weighted by Gasteiger charge is -2.10. The molecule has 1 N–H and O–H groups in total. The molecule has 0 saturated heterocycles. The highest BCUT2D eigenvalue weighted by atomic mass is 19.2. The van der Waals surface area contributed by atoms with Gasteiger partial charge in [-0.1, -0.05) is 48.5 Å². The molecule has 0 radical (unpaired) electrons. The van der Waals surface area contributed by atoms with E-state index in [9.17, 15) is 13.6 Å². The number of rotatable bonds is 4. The van der Waals surface area contributed by atoms with Crippen molar-refractivity contribution in [2.24, 2.45) is 0 Å². The Bertz CT molecular complexity index is 863. The van der Waals surface area contributed by atoms with Crippen molar-refractivity contribution in [2.45, 2.75) is 6.42 Å². The molecule has 0 fully saturated rings. The predicted octanol–water partition coefficient (Wildman–Crippen LogP) is 4.81. The van der Waals surface area contributed by atoms with Crippen LogP contribution in [0.5, 0.6) is 0 Å². The molecule has 0 aliphatic heterocycles. The second-order valence-corrected chi connectivity index (χ2v) is 5.40. The first kappa shape index (κ1) is 15.9. The maximum absolute atomic E-state index is 13.3. The fourth-order valence-corrected chi connectivity index (χ4v) is 2.48. The number of nitrogens with one attached hydrogen (secondary N) is 1. The van der Waals surface area contributed by atoms with Crippen LogP contribution >= 0.6 is 0 Å². The Hall–Kier alpha value is -3.01. The summed E-state index contributed by atoms with van der Waals surface area (Å²) in [6.07, 6.45) is 0.613. The number of amides is 1. The van der Waals surface area contributed by atoms with Crippen molar-refractivity contribution in [3.63, 3.8) is 0 Å². The van der Waals surface area contributed by atoms with Crippen molar-refractivity contribution in [3.8, 4) is 0 Å². The summed E-state index contributed by atoms with van der Waals surface area (Å²) in [6, 6.07) is 20.3. The van der Waals surface area contributed by atoms with Crippen LogP contribution in [0, 0.1) is 11.6 Å². The van der Waals surface area contributed by atoms with Crippen molar-refractivity contribution < 1.29 is 13.6 Å². The Morgan fingerprint density at radius 3 is 2.29 bits per heavy atom. The lowest BCUT2D eigenvalue weighted by molar-refractivity contribution is 0.102. The van der Waals surface area contributed by atoms with Gasteiger partial charge in [-0.15, -0.1) is 0 Å². The van der Waals surface area contributed by atoms with Gasteiger partial charge in [0.1, 0.15) is 0 Å². The molecule has 120 valence electrons. The fraction of sp³-hybridized carbons (Fsp3) is 0.0500. The van der Waals surface area contributed by atoms with Crippen LogP contribution in [0.1, 0.15) is 21.5 Å². The van der Waals surface area contributed by atoms with Crippen molar-refractivity contribution >= 4 is 11.6 Å². The summed E-state index contributed by atoms with van der Waals surface area (Å²) in [4.78, 5) is 12.5. The molecule has 0 bridgehead atoms. The van der Waals surface area contributed by atoms with E-state index in [2.05, 4.69) is 5.32 Å². The van der Waals surface area contributed by atoms with E-state index < -0.39 is 11.6 Å². The zero-order valence-corrected chi connectivity index (χ0v) is 12.8. The van der Waals surface area contributed by atoms with Crippen LogP contribution in [0.4, 0.5) is 14.5 Å². The first-order chi connectivity index (χ1) is 11.6. The molecule has 0 saturated carbocycles. The SMILES string of the molecule is O=C(Nc1ccc(F)c(F)c1)c1ccccc1Cc1ccccc1. The summed E-state index contributed by atoms with van der Waals surface area (Å²) < 4.78 is 26.3. The Kier molecular flexibility index (Phi) is 4.66. The molecule has 1 amide bonds. The van der Waals surface area contributed by atoms with Gasteiger partial charge in [-0.2, -0.15) is 0 Å². The second kappa shape index (κ2) is 7.04. The summed E-state index contributed by atoms with van der Waals surface area (Å²) >= 11 is 0. The number of carbonyl (C=O) groups excluding carboxylic acids is 1. The molecular formula is C20H15F2NO. The van der Waals surface area contributed by atoms with Crippen LogP contribution < -0.4 is 5.32 Å². The normalized spacial score (nSPS) is 10.4. The fourth-order valence-electron chi connectivity index (χ4n) is 2.48. The standard InChI is InChI=1S/C20H15F2NO/c21-18-11-10-16(13-19(18)22)23-20(24)17-9-5-4-8-15(17)12-14-6-2-1-3-7-14/h1-11,13H,12H2,(H,23,24). The largest absolute Gasteiger partial charge is 0.322 e. The molecule has 0 aliphatic rings. The van der Waals surface area contributed by atoms with E-state index in [0.717, 1.165) is 23.3 Å². The monoisotopic (exact) mass is 323 g/mol. The molecule has 4 heteroatoms. The Labute approximate surface area is 138 Å². The van der Waals surface area contributed by atoms with Crippen molar-refractivity contribution in [1.29, 1.82) is 0 Å². The third-order valence-corrected chi connectivity index (χ3v) is 3.68. The molecule has 3 rings (SSSR count). The van der Waals surface area contributed by atoms with Crippen LogP contribution in [-0.2, 0) is 6.42 Å². The van der Waals surface area contributed by atoms with Gasteiger partial charge in [0.05, 0.1) is 0 Å². The smallest absolute Gasteiger partial charge is 0.255 e. The van der Waals surface area contributed by atoms with Gasteiger partial charge in [-0.05, 0) is 35.7 Å². The highest BCUT2D eigenvalue weighted by Gasteiger charge is 2.12. The number of anilines is 1. The molecule has 0 heterocycles. The Morgan fingerprint density at radius 2 is 1.54 bits per heavy atom. The van der Waals surface area contributed by atoms with Gasteiger partial charge in [0.2, 0.25) is 0 Å². The van der Waals surface area contributed by atoms with Crippen molar-refractivity contribution in [3.05, 3.63) is 101 Å². The molecule has 0 atom stereocenters. The van der Waals surface area contributed by atoms with E-state index in [0.29, 0.717) is 12.0 Å². The first-order valence-corrected chi connectivity index (χ1v) is 7.52. The van der Waals surface area contributed by atoms with Gasteiger partial charge < -0.3 is 5.32 Å². The van der Waals surface area contributed by atoms with Gasteiger partial charge in [-0.25, -0.2) is 8.78 Å². The maximum atomic E-state index is 13.3. The predicted molar refractivity (Wildman–Crippen MR) is 90.0 cm³/mol. The van der Waals surface area contributed by atoms with Gasteiger partial charge in [0.15, 0.2) is 11.6 Å². The number of hydrogen-bond donors (Lipinski definition) is 1. The van der Waals surface area contributed by atoms with Gasteiger partial charge in [-0.3, -0.25) is 4.79 Å². The first-order valence-electron chi connectivity index (χ1n) is 7.52. The summed E-state index contributed by atoms with van der Waals surface area (Å²) in [7, 11) is 0. The van der Waals surface area contributed by atoms with E-state index >= 15 is 0 Å². The molecule has 3 aromatic rings. The zero-order chi connectivity index (χ0) is 16.9. The van der Waals surface area contributed by atoms with Crippen LogP contribution in [0.25, 0.3) is 0 Å². The molecule has 3 aromatic carbocycles. The van der Waals surface area contributed by atoms with Crippen LogP contribution in [0.15, 0.2) is 72.8 Å². The van der Waals surface area contributed by atoms with Gasteiger partial charge in [0.25, 0.3) is 5.91 Å². The summed E-state index contributed by atoms with van der Waals surface area (Å²) in [6.45, 7) is 0. The average Bonchev–Trinajstić information content (AvgIpc) is 2.59. The molecule has 0 spiro atoms. The highest BCUT2D eigenvalue weighted by Crippen LogP contribution is 2.18. The highest BCUT2D eigenvalue weighted by molar-refractivity contribution is 6.05. The quantitative estimate of drug-likeness (QED) is 0.733. The van der Waals surface area contributed by atoms with Gasteiger partial charge >= 0.3 is 0 Å². The topological polar surface area (TPSA) is 29.1 Å². The molecule has 0 aliphatic carbocycles. The molecular weight excluding hydrogens is 308 g/mol. The molecule has 0 unspecified atom stereocenters. The molecule has 24 heavy (non-hydrogen) atoms. The number of hydrogen-bond acceptors (Lipinski definition) is 1. The average molecular weight is 323 g/mol. The number of benzene rings is 3. The Morgan fingerprint density at radius 1 is 0.833 bits per heavy atom. The zero-order valence-electron chi connectivity index (χ0n) is 12.8. The lowest BCUT2D eigenvalue weighted by Crippen LogP contribution is -2.14. The second-order valence-electron chi connectivity index (χ2n) is 5.40. The van der Waals surface area contributed by atoms with Crippen LogP contribution in [0.3, 0.4) is 0 Å². The summed E-state index contributed by atoms with van der Waals surface area (Å²) in [5.41, 5.74) is 2.67. The summed E-state index contributed by atoms with van der Waals surface area (Å²) in [5.74, 6) is -2.30. The maximum Gasteiger partial charge on any atom is 0.255 e. The molecule has 0 aromatic heterocycles. The van der Waals surface area contributed by atoms with Gasteiger partial charge in [0, 0.05) is 17.3 Å². The molecule has 2 nitrogen and oxygen atoms in total. The number of halogens is 2. The Balaban J connectivity index is 1.83. The number of carbonyl (C=O) groups is 1. The van der Waals surface area contributed by atoms with E-state index in [1.165, 1.54) is 6.07 Å². The minimum Gasteiger partial charge on any atom is -0.322 e. The van der Waals surface area contributed by atoms with Crippen molar-refractivity contribution in [1.82, 2.24) is 0 Å². The van der Waals surface area contributed by atoms with E-state index in [1.807, 2.05) is 42.5 Å². The minimum atomic E-state index is -0.995. The van der Waals surface area contributed by atoms with Crippen LogP contribution in [0.2, 0.25) is 0 Å². The minimum absolute atomic E-state index is 0.216. The van der Waals surface area contributed by atoms with Crippen LogP contribution in [-0.4, -0.2) is 5.91 Å². The van der Waals surface area contributed by atoms with Crippen molar-refractivity contribution in [2.75, 3.05) is 5.32 Å². The third kappa shape index (κ3) is 3.66. The van der Waals surface area contributed by atoms with E-state index in [-0.39, 0.29) is 11.6 Å². The lowest BCUT2D eigenvalue weighted by atomic mass is 9.99. The van der Waals surface area contributed by atoms with E-state index in [4.69, 9.17) is 0 Å². The summed E-state index contributed by atoms with van der Waals surface area (Å²) in [5, 5.41) is 2.61. The van der Waals surface area contributed by atoms with E-state index in [1.54, 1.807) is 12.1 Å². The third-order valence-electron chi connectivity index (χ3n) is 3.68.